The maximum absolute atomic E-state index is 12.9. The predicted molar refractivity (Wildman–Crippen MR) is 129 cm³/mol. The normalized spacial score (nSPS) is 14.8. The van der Waals surface area contributed by atoms with Crippen molar-refractivity contribution in [1.29, 1.82) is 0 Å². The molecule has 0 atom stereocenters. The molecular weight excluding hydrogens is 475 g/mol. The van der Waals surface area contributed by atoms with Crippen molar-refractivity contribution >= 4 is 23.1 Å². The molecule has 1 aromatic heterocycles. The Balaban J connectivity index is 1.33. The maximum atomic E-state index is 12.9. The SMILES string of the molecule is O=C(Nc1ccc(N2CCCN(Cc3ccc([N+](=O)[O-])cc3)CC2)nc1)c1cccc(C(F)(F)F)c1. The molecule has 1 N–H and O–H groups in total. The van der Waals surface area contributed by atoms with Crippen molar-refractivity contribution in [3.8, 4) is 0 Å². The van der Waals surface area contributed by atoms with E-state index in [9.17, 15) is 28.1 Å². The lowest BCUT2D eigenvalue weighted by atomic mass is 10.1. The number of halogens is 3. The van der Waals surface area contributed by atoms with Crippen LogP contribution in [0.2, 0.25) is 0 Å². The zero-order valence-electron chi connectivity index (χ0n) is 19.2. The van der Waals surface area contributed by atoms with Crippen molar-refractivity contribution in [2.24, 2.45) is 0 Å². The molecule has 0 spiro atoms. The summed E-state index contributed by atoms with van der Waals surface area (Å²) in [5.74, 6) is 0.0940. The first-order valence-corrected chi connectivity index (χ1v) is 11.3. The van der Waals surface area contributed by atoms with E-state index in [1.54, 1.807) is 24.3 Å². The number of pyridine rings is 1. The van der Waals surface area contributed by atoms with Crippen molar-refractivity contribution in [2.75, 3.05) is 36.4 Å². The van der Waals surface area contributed by atoms with E-state index in [2.05, 4.69) is 20.1 Å². The average Bonchev–Trinajstić information content (AvgIpc) is 3.10. The summed E-state index contributed by atoms with van der Waals surface area (Å²) in [6.45, 7) is 3.88. The van der Waals surface area contributed by atoms with Crippen molar-refractivity contribution in [2.45, 2.75) is 19.1 Å². The van der Waals surface area contributed by atoms with E-state index < -0.39 is 22.6 Å². The summed E-state index contributed by atoms with van der Waals surface area (Å²) >= 11 is 0. The number of benzene rings is 2. The quantitative estimate of drug-likeness (QED) is 0.380. The lowest BCUT2D eigenvalue weighted by Gasteiger charge is -2.23. The Morgan fingerprint density at radius 3 is 2.47 bits per heavy atom. The van der Waals surface area contributed by atoms with E-state index in [0.29, 0.717) is 12.2 Å². The Bertz CT molecular complexity index is 1220. The van der Waals surface area contributed by atoms with E-state index in [-0.39, 0.29) is 11.3 Å². The first kappa shape index (κ1) is 25.1. The van der Waals surface area contributed by atoms with Crippen LogP contribution in [0.25, 0.3) is 0 Å². The molecule has 0 saturated carbocycles. The number of nitrogens with one attached hydrogen (secondary N) is 1. The number of amides is 1. The standard InChI is InChI=1S/C25H24F3N5O3/c26-25(27,28)20-4-1-3-19(15-20)24(34)30-21-7-10-23(29-16-21)32-12-2-11-31(13-14-32)17-18-5-8-22(9-6-18)33(35)36/h1,3-10,15-16H,2,11-14,17H2,(H,30,34). The third kappa shape index (κ3) is 6.36. The minimum absolute atomic E-state index is 0.0707. The number of nitro benzene ring substituents is 1. The Morgan fingerprint density at radius 2 is 1.81 bits per heavy atom. The van der Waals surface area contributed by atoms with Crippen LogP contribution < -0.4 is 10.2 Å². The third-order valence-electron chi connectivity index (χ3n) is 5.92. The number of hydrogen-bond acceptors (Lipinski definition) is 6. The second kappa shape index (κ2) is 10.7. The molecule has 1 amide bonds. The van der Waals surface area contributed by atoms with Crippen LogP contribution in [0.4, 0.5) is 30.4 Å². The van der Waals surface area contributed by atoms with Crippen LogP contribution >= 0.6 is 0 Å². The van der Waals surface area contributed by atoms with Gasteiger partial charge in [-0.2, -0.15) is 13.2 Å². The first-order chi connectivity index (χ1) is 17.2. The highest BCUT2D eigenvalue weighted by molar-refractivity contribution is 6.04. The zero-order valence-corrected chi connectivity index (χ0v) is 19.2. The molecule has 0 aliphatic carbocycles. The van der Waals surface area contributed by atoms with Gasteiger partial charge in [-0.15, -0.1) is 0 Å². The van der Waals surface area contributed by atoms with Gasteiger partial charge < -0.3 is 10.2 Å². The minimum Gasteiger partial charge on any atom is -0.355 e. The lowest BCUT2D eigenvalue weighted by Crippen LogP contribution is -2.31. The van der Waals surface area contributed by atoms with Crippen molar-refractivity contribution in [3.63, 3.8) is 0 Å². The van der Waals surface area contributed by atoms with Gasteiger partial charge in [-0.05, 0) is 42.3 Å². The molecule has 1 aliphatic rings. The Morgan fingerprint density at radius 1 is 1.03 bits per heavy atom. The number of aromatic nitrogens is 1. The molecule has 0 radical (unpaired) electrons. The van der Waals surface area contributed by atoms with Crippen LogP contribution in [0.15, 0.2) is 66.9 Å². The molecule has 0 bridgehead atoms. The molecular formula is C25H24F3N5O3. The molecule has 0 unspecified atom stereocenters. The molecule has 3 aromatic rings. The fraction of sp³-hybridized carbons (Fsp3) is 0.280. The average molecular weight is 499 g/mol. The van der Waals surface area contributed by atoms with Crippen LogP contribution in [0.1, 0.15) is 27.9 Å². The summed E-state index contributed by atoms with van der Waals surface area (Å²) in [6, 6.07) is 14.3. The number of carbonyl (C=O) groups is 1. The molecule has 2 aromatic carbocycles. The largest absolute Gasteiger partial charge is 0.416 e. The smallest absolute Gasteiger partial charge is 0.355 e. The summed E-state index contributed by atoms with van der Waals surface area (Å²) < 4.78 is 38.7. The number of anilines is 2. The molecule has 188 valence electrons. The lowest BCUT2D eigenvalue weighted by molar-refractivity contribution is -0.384. The molecule has 1 saturated heterocycles. The van der Waals surface area contributed by atoms with Crippen LogP contribution in [0.3, 0.4) is 0 Å². The van der Waals surface area contributed by atoms with Gasteiger partial charge in [-0.3, -0.25) is 19.8 Å². The monoisotopic (exact) mass is 499 g/mol. The summed E-state index contributed by atoms with van der Waals surface area (Å²) in [6.07, 6.45) is -2.13. The van der Waals surface area contributed by atoms with Gasteiger partial charge in [-0.1, -0.05) is 18.2 Å². The summed E-state index contributed by atoms with van der Waals surface area (Å²) in [7, 11) is 0. The molecule has 1 fully saturated rings. The summed E-state index contributed by atoms with van der Waals surface area (Å²) in [4.78, 5) is 31.7. The topological polar surface area (TPSA) is 91.6 Å². The van der Waals surface area contributed by atoms with Crippen molar-refractivity contribution in [1.82, 2.24) is 9.88 Å². The Labute approximate surface area is 205 Å². The molecule has 1 aliphatic heterocycles. The van der Waals surface area contributed by atoms with Crippen LogP contribution in [-0.2, 0) is 12.7 Å². The van der Waals surface area contributed by atoms with Crippen LogP contribution in [0, 0.1) is 10.1 Å². The number of nitrogens with zero attached hydrogens (tertiary/aromatic N) is 4. The Kier molecular flexibility index (Phi) is 7.49. The van der Waals surface area contributed by atoms with Crippen molar-refractivity contribution < 1.29 is 22.9 Å². The number of hydrogen-bond donors (Lipinski definition) is 1. The van der Waals surface area contributed by atoms with Crippen LogP contribution in [-0.4, -0.2) is 46.9 Å². The van der Waals surface area contributed by atoms with Crippen LogP contribution in [0.5, 0.6) is 0 Å². The molecule has 11 heteroatoms. The number of nitro groups is 1. The van der Waals surface area contributed by atoms with Gasteiger partial charge in [0.2, 0.25) is 0 Å². The van der Waals surface area contributed by atoms with Gasteiger partial charge in [0, 0.05) is 50.4 Å². The number of non-ortho nitro benzene ring substituents is 1. The van der Waals surface area contributed by atoms with E-state index in [4.69, 9.17) is 0 Å². The summed E-state index contributed by atoms with van der Waals surface area (Å²) in [5, 5.41) is 13.4. The van der Waals surface area contributed by atoms with E-state index in [0.717, 1.165) is 56.1 Å². The highest BCUT2D eigenvalue weighted by Crippen LogP contribution is 2.29. The highest BCUT2D eigenvalue weighted by atomic mass is 19.4. The van der Waals surface area contributed by atoms with E-state index in [1.807, 2.05) is 0 Å². The molecule has 2 heterocycles. The summed E-state index contributed by atoms with van der Waals surface area (Å²) in [5.41, 5.74) is 0.493. The molecule has 36 heavy (non-hydrogen) atoms. The third-order valence-corrected chi connectivity index (χ3v) is 5.92. The Hall–Kier alpha value is -3.99. The second-order valence-corrected chi connectivity index (χ2v) is 8.48. The van der Waals surface area contributed by atoms with Gasteiger partial charge in [0.05, 0.1) is 22.4 Å². The first-order valence-electron chi connectivity index (χ1n) is 11.3. The van der Waals surface area contributed by atoms with Gasteiger partial charge >= 0.3 is 6.18 Å². The van der Waals surface area contributed by atoms with Gasteiger partial charge in [0.1, 0.15) is 5.82 Å². The fourth-order valence-corrected chi connectivity index (χ4v) is 4.03. The predicted octanol–water partition coefficient (Wildman–Crippen LogP) is 4.97. The molecule has 4 rings (SSSR count). The van der Waals surface area contributed by atoms with Gasteiger partial charge in [0.15, 0.2) is 0 Å². The fourth-order valence-electron chi connectivity index (χ4n) is 4.03. The minimum atomic E-state index is -4.52. The number of carbonyl (C=O) groups excluding carboxylic acids is 1. The maximum Gasteiger partial charge on any atom is 0.416 e. The highest BCUT2D eigenvalue weighted by Gasteiger charge is 2.31. The zero-order chi connectivity index (χ0) is 25.7. The second-order valence-electron chi connectivity index (χ2n) is 8.48. The van der Waals surface area contributed by atoms with Crippen molar-refractivity contribution in [3.05, 3.63) is 93.7 Å². The van der Waals surface area contributed by atoms with Gasteiger partial charge in [-0.25, -0.2) is 4.98 Å². The molecule has 8 nitrogen and oxygen atoms in total. The number of alkyl halides is 3. The van der Waals surface area contributed by atoms with Gasteiger partial charge in [0.25, 0.3) is 11.6 Å². The van der Waals surface area contributed by atoms with E-state index >= 15 is 0 Å². The number of rotatable bonds is 6. The van der Waals surface area contributed by atoms with E-state index in [1.165, 1.54) is 30.5 Å².